The van der Waals surface area contributed by atoms with E-state index in [1.807, 2.05) is 24.3 Å². The number of amides is 1. The quantitative estimate of drug-likeness (QED) is 0.840. The lowest BCUT2D eigenvalue weighted by molar-refractivity contribution is -0.132. The van der Waals surface area contributed by atoms with Crippen LogP contribution in [0.15, 0.2) is 60.3 Å². The summed E-state index contributed by atoms with van der Waals surface area (Å²) in [6.07, 6.45) is 1.45. The molecule has 0 bridgehead atoms. The van der Waals surface area contributed by atoms with Gasteiger partial charge in [0.2, 0.25) is 0 Å². The van der Waals surface area contributed by atoms with Crippen LogP contribution in [0.2, 0.25) is 0 Å². The van der Waals surface area contributed by atoms with Gasteiger partial charge in [0.25, 0.3) is 5.91 Å². The van der Waals surface area contributed by atoms with E-state index in [-0.39, 0.29) is 11.1 Å². The first-order valence-corrected chi connectivity index (χ1v) is 7.69. The van der Waals surface area contributed by atoms with Crippen LogP contribution in [-0.4, -0.2) is 17.0 Å². The number of rotatable bonds is 4. The zero-order chi connectivity index (χ0) is 17.7. The zero-order valence-corrected chi connectivity index (χ0v) is 14.0. The van der Waals surface area contributed by atoms with Gasteiger partial charge < -0.3 is 10.4 Å². The van der Waals surface area contributed by atoms with Crippen molar-refractivity contribution >= 4 is 18.0 Å². The summed E-state index contributed by atoms with van der Waals surface area (Å²) in [6, 6.07) is 16.1. The third-order valence-electron chi connectivity index (χ3n) is 3.60. The highest BCUT2D eigenvalue weighted by Gasteiger charge is 2.15. The Bertz CT molecular complexity index is 754. The molecular weight excluding hydrogens is 302 g/mol. The van der Waals surface area contributed by atoms with E-state index < -0.39 is 11.9 Å². The number of hydrogen-bond donors (Lipinski definition) is 2. The van der Waals surface area contributed by atoms with Crippen LogP contribution in [0.25, 0.3) is 6.08 Å². The molecule has 24 heavy (non-hydrogen) atoms. The Morgan fingerprint density at radius 1 is 0.958 bits per heavy atom. The van der Waals surface area contributed by atoms with Crippen LogP contribution < -0.4 is 5.32 Å². The van der Waals surface area contributed by atoms with Crippen molar-refractivity contribution in [2.75, 3.05) is 0 Å². The van der Waals surface area contributed by atoms with Crippen LogP contribution >= 0.6 is 0 Å². The summed E-state index contributed by atoms with van der Waals surface area (Å²) < 4.78 is 0. The normalized spacial score (nSPS) is 11.9. The monoisotopic (exact) mass is 323 g/mol. The van der Waals surface area contributed by atoms with E-state index in [1.54, 1.807) is 30.3 Å². The molecule has 0 saturated carbocycles. The first-order chi connectivity index (χ1) is 11.3. The van der Waals surface area contributed by atoms with Gasteiger partial charge in [-0.15, -0.1) is 0 Å². The number of hydrogen-bond acceptors (Lipinski definition) is 2. The Labute approximate surface area is 141 Å². The molecule has 0 fully saturated rings. The van der Waals surface area contributed by atoms with Gasteiger partial charge in [-0.2, -0.15) is 0 Å². The highest BCUT2D eigenvalue weighted by molar-refractivity contribution is 6.02. The molecule has 4 nitrogen and oxygen atoms in total. The fourth-order valence-electron chi connectivity index (χ4n) is 2.18. The second kappa shape index (κ2) is 7.13. The topological polar surface area (TPSA) is 66.4 Å². The Morgan fingerprint density at radius 2 is 1.54 bits per heavy atom. The van der Waals surface area contributed by atoms with Crippen LogP contribution in [0.4, 0.5) is 0 Å². The molecule has 2 aromatic rings. The maximum Gasteiger partial charge on any atom is 0.352 e. The van der Waals surface area contributed by atoms with Gasteiger partial charge in [0.05, 0.1) is 0 Å². The molecule has 0 spiro atoms. The Balaban J connectivity index is 2.23. The zero-order valence-electron chi connectivity index (χ0n) is 14.0. The second-order valence-corrected chi connectivity index (χ2v) is 6.56. The predicted octanol–water partition coefficient (Wildman–Crippen LogP) is 3.84. The van der Waals surface area contributed by atoms with Gasteiger partial charge in [-0.05, 0) is 34.8 Å². The molecule has 2 rings (SSSR count). The molecule has 4 heteroatoms. The lowest BCUT2D eigenvalue weighted by atomic mass is 9.87. The van der Waals surface area contributed by atoms with Gasteiger partial charge in [-0.1, -0.05) is 63.2 Å². The molecule has 0 heterocycles. The van der Waals surface area contributed by atoms with Crippen LogP contribution in [0, 0.1) is 0 Å². The molecule has 0 unspecified atom stereocenters. The number of benzene rings is 2. The van der Waals surface area contributed by atoms with Crippen molar-refractivity contribution in [2.24, 2.45) is 0 Å². The molecule has 0 atom stereocenters. The summed E-state index contributed by atoms with van der Waals surface area (Å²) in [5.74, 6) is -1.63. The Kier molecular flexibility index (Phi) is 5.19. The van der Waals surface area contributed by atoms with Crippen LogP contribution in [0.1, 0.15) is 42.3 Å². The van der Waals surface area contributed by atoms with Gasteiger partial charge in [-0.25, -0.2) is 4.79 Å². The second-order valence-electron chi connectivity index (χ2n) is 6.56. The first-order valence-electron chi connectivity index (χ1n) is 7.69. The summed E-state index contributed by atoms with van der Waals surface area (Å²) in [7, 11) is 0. The fourth-order valence-corrected chi connectivity index (χ4v) is 2.18. The number of carbonyl (C=O) groups excluding carboxylic acids is 1. The van der Waals surface area contributed by atoms with Gasteiger partial charge in [-0.3, -0.25) is 4.79 Å². The molecular formula is C20H21NO3. The molecule has 0 saturated heterocycles. The largest absolute Gasteiger partial charge is 0.477 e. The highest BCUT2D eigenvalue weighted by Crippen LogP contribution is 2.22. The molecule has 2 N–H and O–H groups in total. The third-order valence-corrected chi connectivity index (χ3v) is 3.60. The lowest BCUT2D eigenvalue weighted by Crippen LogP contribution is -2.27. The van der Waals surface area contributed by atoms with Crippen molar-refractivity contribution in [3.63, 3.8) is 0 Å². The van der Waals surface area contributed by atoms with Crippen molar-refractivity contribution in [2.45, 2.75) is 26.2 Å². The van der Waals surface area contributed by atoms with Crippen LogP contribution in [0.5, 0.6) is 0 Å². The minimum Gasteiger partial charge on any atom is -0.477 e. The number of carboxylic acids is 1. The fraction of sp³-hybridized carbons (Fsp3) is 0.200. The average molecular weight is 323 g/mol. The summed E-state index contributed by atoms with van der Waals surface area (Å²) in [6.45, 7) is 6.34. The van der Waals surface area contributed by atoms with E-state index in [0.717, 1.165) is 5.56 Å². The molecule has 0 aliphatic carbocycles. The molecule has 1 amide bonds. The van der Waals surface area contributed by atoms with Crippen molar-refractivity contribution < 1.29 is 14.7 Å². The van der Waals surface area contributed by atoms with Gasteiger partial charge in [0.15, 0.2) is 0 Å². The van der Waals surface area contributed by atoms with E-state index in [0.29, 0.717) is 11.1 Å². The Hall–Kier alpha value is -2.88. The molecule has 0 aromatic heterocycles. The van der Waals surface area contributed by atoms with E-state index in [1.165, 1.54) is 6.08 Å². The minimum atomic E-state index is -1.18. The maximum absolute atomic E-state index is 12.1. The van der Waals surface area contributed by atoms with E-state index >= 15 is 0 Å². The average Bonchev–Trinajstić information content (AvgIpc) is 2.54. The molecule has 2 aromatic carbocycles. The molecule has 0 aliphatic rings. The third kappa shape index (κ3) is 4.56. The van der Waals surface area contributed by atoms with E-state index in [9.17, 15) is 14.7 Å². The predicted molar refractivity (Wildman–Crippen MR) is 94.7 cm³/mol. The lowest BCUT2D eigenvalue weighted by Gasteiger charge is -2.18. The van der Waals surface area contributed by atoms with Crippen molar-refractivity contribution in [3.8, 4) is 0 Å². The van der Waals surface area contributed by atoms with Gasteiger partial charge in [0.1, 0.15) is 5.70 Å². The number of carboxylic acid groups (broad SMARTS) is 1. The summed E-state index contributed by atoms with van der Waals surface area (Å²) >= 11 is 0. The highest BCUT2D eigenvalue weighted by atomic mass is 16.4. The van der Waals surface area contributed by atoms with Crippen molar-refractivity contribution in [3.05, 3.63) is 77.0 Å². The standard InChI is InChI=1S/C20H21NO3/c1-20(2,3)16-11-9-14(10-12-16)13-17(19(23)24)21-18(22)15-7-5-4-6-8-15/h4-13H,1-3H3,(H,21,22)(H,23,24)/b17-13+. The summed E-state index contributed by atoms with van der Waals surface area (Å²) in [4.78, 5) is 23.5. The summed E-state index contributed by atoms with van der Waals surface area (Å²) in [5.41, 5.74) is 2.15. The Morgan fingerprint density at radius 3 is 2.04 bits per heavy atom. The molecule has 0 aliphatic heterocycles. The number of carbonyl (C=O) groups is 2. The number of aliphatic carboxylic acids is 1. The van der Waals surface area contributed by atoms with Crippen LogP contribution in [-0.2, 0) is 10.2 Å². The first kappa shape index (κ1) is 17.5. The smallest absolute Gasteiger partial charge is 0.352 e. The number of nitrogens with one attached hydrogen (secondary N) is 1. The van der Waals surface area contributed by atoms with Crippen LogP contribution in [0.3, 0.4) is 0 Å². The van der Waals surface area contributed by atoms with E-state index in [4.69, 9.17) is 0 Å². The SMILES string of the molecule is CC(C)(C)c1ccc(/C=C(/NC(=O)c2ccccc2)C(=O)O)cc1. The van der Waals surface area contributed by atoms with Crippen molar-refractivity contribution in [1.82, 2.24) is 5.32 Å². The minimum absolute atomic E-state index is 0.0272. The maximum atomic E-state index is 12.1. The van der Waals surface area contributed by atoms with Gasteiger partial charge >= 0.3 is 5.97 Å². The summed E-state index contributed by atoms with van der Waals surface area (Å²) in [5, 5.41) is 11.8. The molecule has 124 valence electrons. The van der Waals surface area contributed by atoms with Crippen molar-refractivity contribution in [1.29, 1.82) is 0 Å². The van der Waals surface area contributed by atoms with Gasteiger partial charge in [0, 0.05) is 5.56 Å². The molecule has 0 radical (unpaired) electrons. The van der Waals surface area contributed by atoms with E-state index in [2.05, 4.69) is 26.1 Å².